The molecule has 100 valence electrons. The lowest BCUT2D eigenvalue weighted by atomic mass is 10.1. The first-order valence-electron chi connectivity index (χ1n) is 7.46. The fourth-order valence-corrected chi connectivity index (χ4v) is 3.02. The molecule has 2 fully saturated rings. The highest BCUT2D eigenvalue weighted by Gasteiger charge is 2.14. The second-order valence-electron chi connectivity index (χ2n) is 5.85. The van der Waals surface area contributed by atoms with Gasteiger partial charge in [-0.15, -0.1) is 0 Å². The SMILES string of the molecule is CN1CCN(CCCNCC2CCCC2)CC1. The molecule has 1 aliphatic carbocycles. The first-order valence-corrected chi connectivity index (χ1v) is 7.46. The molecule has 0 radical (unpaired) electrons. The van der Waals surface area contributed by atoms with Crippen molar-refractivity contribution in [3.8, 4) is 0 Å². The van der Waals surface area contributed by atoms with Gasteiger partial charge in [0.2, 0.25) is 0 Å². The van der Waals surface area contributed by atoms with Gasteiger partial charge in [0.1, 0.15) is 0 Å². The van der Waals surface area contributed by atoms with Crippen LogP contribution >= 0.6 is 0 Å². The third-order valence-electron chi connectivity index (χ3n) is 4.33. The molecule has 0 unspecified atom stereocenters. The van der Waals surface area contributed by atoms with Crippen LogP contribution < -0.4 is 5.32 Å². The Morgan fingerprint density at radius 1 is 1.06 bits per heavy atom. The van der Waals surface area contributed by atoms with Crippen molar-refractivity contribution in [2.24, 2.45) is 5.92 Å². The average Bonchev–Trinajstić information content (AvgIpc) is 2.84. The Balaban J connectivity index is 1.43. The van der Waals surface area contributed by atoms with Gasteiger partial charge in [-0.3, -0.25) is 0 Å². The van der Waals surface area contributed by atoms with E-state index < -0.39 is 0 Å². The van der Waals surface area contributed by atoms with Crippen LogP contribution in [0.3, 0.4) is 0 Å². The second-order valence-corrected chi connectivity index (χ2v) is 5.85. The lowest BCUT2D eigenvalue weighted by Gasteiger charge is -2.32. The maximum Gasteiger partial charge on any atom is 0.0110 e. The van der Waals surface area contributed by atoms with Crippen LogP contribution in [0.25, 0.3) is 0 Å². The highest BCUT2D eigenvalue weighted by atomic mass is 15.2. The van der Waals surface area contributed by atoms with Crippen molar-refractivity contribution in [2.75, 3.05) is 52.9 Å². The van der Waals surface area contributed by atoms with Gasteiger partial charge in [0.05, 0.1) is 0 Å². The number of nitrogens with zero attached hydrogens (tertiary/aromatic N) is 2. The van der Waals surface area contributed by atoms with Crippen molar-refractivity contribution in [3.05, 3.63) is 0 Å². The van der Waals surface area contributed by atoms with E-state index in [0.29, 0.717) is 0 Å². The van der Waals surface area contributed by atoms with Gasteiger partial charge in [-0.2, -0.15) is 0 Å². The molecule has 0 atom stereocenters. The van der Waals surface area contributed by atoms with E-state index in [1.807, 2.05) is 0 Å². The smallest absolute Gasteiger partial charge is 0.0110 e. The zero-order chi connectivity index (χ0) is 11.9. The predicted molar refractivity (Wildman–Crippen MR) is 73.4 cm³/mol. The van der Waals surface area contributed by atoms with Crippen molar-refractivity contribution in [3.63, 3.8) is 0 Å². The van der Waals surface area contributed by atoms with Gasteiger partial charge < -0.3 is 15.1 Å². The molecule has 0 aromatic carbocycles. The third-order valence-corrected chi connectivity index (χ3v) is 4.33. The van der Waals surface area contributed by atoms with Crippen molar-refractivity contribution >= 4 is 0 Å². The van der Waals surface area contributed by atoms with E-state index in [9.17, 15) is 0 Å². The Morgan fingerprint density at radius 2 is 1.76 bits per heavy atom. The largest absolute Gasteiger partial charge is 0.316 e. The number of piperazine rings is 1. The van der Waals surface area contributed by atoms with Crippen LogP contribution in [-0.2, 0) is 0 Å². The molecule has 2 aliphatic rings. The first-order chi connectivity index (χ1) is 8.34. The summed E-state index contributed by atoms with van der Waals surface area (Å²) >= 11 is 0. The van der Waals surface area contributed by atoms with Crippen molar-refractivity contribution in [1.29, 1.82) is 0 Å². The highest BCUT2D eigenvalue weighted by Crippen LogP contribution is 2.23. The van der Waals surface area contributed by atoms with E-state index in [-0.39, 0.29) is 0 Å². The Bertz CT molecular complexity index is 194. The quantitative estimate of drug-likeness (QED) is 0.707. The summed E-state index contributed by atoms with van der Waals surface area (Å²) in [5.74, 6) is 0.985. The van der Waals surface area contributed by atoms with Gasteiger partial charge in [-0.25, -0.2) is 0 Å². The van der Waals surface area contributed by atoms with Gasteiger partial charge >= 0.3 is 0 Å². The number of hydrogen-bond donors (Lipinski definition) is 1. The molecule has 3 heteroatoms. The summed E-state index contributed by atoms with van der Waals surface area (Å²) in [5, 5.41) is 3.64. The molecule has 1 saturated heterocycles. The Kier molecular flexibility index (Phi) is 5.75. The van der Waals surface area contributed by atoms with Crippen molar-refractivity contribution < 1.29 is 0 Å². The Labute approximate surface area is 107 Å². The number of hydrogen-bond acceptors (Lipinski definition) is 3. The van der Waals surface area contributed by atoms with E-state index in [1.165, 1.54) is 77.9 Å². The first kappa shape index (κ1) is 13.3. The maximum atomic E-state index is 3.64. The molecule has 17 heavy (non-hydrogen) atoms. The van der Waals surface area contributed by atoms with E-state index in [1.54, 1.807) is 0 Å². The van der Waals surface area contributed by atoms with Crippen LogP contribution in [0.5, 0.6) is 0 Å². The highest BCUT2D eigenvalue weighted by molar-refractivity contribution is 4.71. The summed E-state index contributed by atoms with van der Waals surface area (Å²) in [6, 6.07) is 0. The van der Waals surface area contributed by atoms with E-state index in [0.717, 1.165) is 5.92 Å². The van der Waals surface area contributed by atoms with Crippen LogP contribution in [-0.4, -0.2) is 62.7 Å². The normalized spacial score (nSPS) is 24.5. The van der Waals surface area contributed by atoms with Gasteiger partial charge in [0, 0.05) is 26.2 Å². The minimum absolute atomic E-state index is 0.985. The van der Waals surface area contributed by atoms with Crippen molar-refractivity contribution in [2.45, 2.75) is 32.1 Å². The van der Waals surface area contributed by atoms with E-state index in [2.05, 4.69) is 22.2 Å². The minimum Gasteiger partial charge on any atom is -0.316 e. The maximum absolute atomic E-state index is 3.64. The molecular formula is C14H29N3. The number of rotatable bonds is 6. The summed E-state index contributed by atoms with van der Waals surface area (Å²) < 4.78 is 0. The molecular weight excluding hydrogens is 210 g/mol. The molecule has 1 saturated carbocycles. The fourth-order valence-electron chi connectivity index (χ4n) is 3.02. The Morgan fingerprint density at radius 3 is 2.47 bits per heavy atom. The van der Waals surface area contributed by atoms with Gasteiger partial charge in [0.25, 0.3) is 0 Å². The lowest BCUT2D eigenvalue weighted by molar-refractivity contribution is 0.152. The van der Waals surface area contributed by atoms with Crippen molar-refractivity contribution in [1.82, 2.24) is 15.1 Å². The summed E-state index contributed by atoms with van der Waals surface area (Å²) in [7, 11) is 2.22. The molecule has 0 aromatic rings. The lowest BCUT2D eigenvalue weighted by Crippen LogP contribution is -2.45. The van der Waals surface area contributed by atoms with Crippen LogP contribution in [0.2, 0.25) is 0 Å². The van der Waals surface area contributed by atoms with E-state index >= 15 is 0 Å². The van der Waals surface area contributed by atoms with Gasteiger partial charge in [0.15, 0.2) is 0 Å². The standard InChI is InChI=1S/C14H29N3/c1-16-9-11-17(12-10-16)8-4-7-15-13-14-5-2-3-6-14/h14-15H,2-13H2,1H3. The predicted octanol–water partition coefficient (Wildman–Crippen LogP) is 1.40. The average molecular weight is 239 g/mol. The second kappa shape index (κ2) is 7.34. The van der Waals surface area contributed by atoms with Gasteiger partial charge in [-0.1, -0.05) is 12.8 Å². The zero-order valence-electron chi connectivity index (χ0n) is 11.5. The summed E-state index contributed by atoms with van der Waals surface area (Å²) in [6.45, 7) is 8.78. The molecule has 0 spiro atoms. The number of nitrogens with one attached hydrogen (secondary N) is 1. The molecule has 1 N–H and O–H groups in total. The van der Waals surface area contributed by atoms with Gasteiger partial charge in [-0.05, 0) is 51.9 Å². The molecule has 0 bridgehead atoms. The molecule has 1 aliphatic heterocycles. The molecule has 2 rings (SSSR count). The summed E-state index contributed by atoms with van der Waals surface area (Å²) in [5.41, 5.74) is 0. The van der Waals surface area contributed by atoms with Crippen LogP contribution in [0.1, 0.15) is 32.1 Å². The number of likely N-dealkylation sites (N-methyl/N-ethyl adjacent to an activating group) is 1. The monoisotopic (exact) mass is 239 g/mol. The van der Waals surface area contributed by atoms with Crippen LogP contribution in [0.4, 0.5) is 0 Å². The minimum atomic E-state index is 0.985. The molecule has 3 nitrogen and oxygen atoms in total. The molecule has 1 heterocycles. The summed E-state index contributed by atoms with van der Waals surface area (Å²) in [4.78, 5) is 5.03. The molecule has 0 amide bonds. The fraction of sp³-hybridized carbons (Fsp3) is 1.00. The van der Waals surface area contributed by atoms with E-state index in [4.69, 9.17) is 0 Å². The third kappa shape index (κ3) is 4.94. The van der Waals surface area contributed by atoms with Crippen LogP contribution in [0, 0.1) is 5.92 Å². The Hall–Kier alpha value is -0.120. The molecule has 0 aromatic heterocycles. The topological polar surface area (TPSA) is 18.5 Å². The summed E-state index contributed by atoms with van der Waals surface area (Å²) in [6.07, 6.45) is 7.18. The zero-order valence-corrected chi connectivity index (χ0v) is 11.5. The van der Waals surface area contributed by atoms with Crippen LogP contribution in [0.15, 0.2) is 0 Å².